The molecule has 0 N–H and O–H groups in total. The highest BCUT2D eigenvalue weighted by Gasteiger charge is 1.93. The number of hydrogen-bond donors (Lipinski definition) is 0. The maximum absolute atomic E-state index is 10.4. The lowest BCUT2D eigenvalue weighted by molar-refractivity contribution is -0.108. The van der Waals surface area contributed by atoms with Crippen molar-refractivity contribution in [2.24, 2.45) is 0 Å². The Morgan fingerprint density at radius 2 is 2.10 bits per heavy atom. The number of rotatable bonds is 3. The van der Waals surface area contributed by atoms with E-state index in [1.165, 1.54) is 0 Å². The molecule has 0 aliphatic carbocycles. The van der Waals surface area contributed by atoms with Crippen LogP contribution in [-0.4, -0.2) is 39.1 Å². The first kappa shape index (κ1) is 9.43. The van der Waals surface area contributed by atoms with Crippen molar-refractivity contribution in [2.45, 2.75) is 6.92 Å². The zero-order valence-corrected chi connectivity index (χ0v) is 6.72. The van der Waals surface area contributed by atoms with Crippen LogP contribution in [0.2, 0.25) is 0 Å². The van der Waals surface area contributed by atoms with Crippen molar-refractivity contribution in [3.8, 4) is 0 Å². The van der Waals surface area contributed by atoms with E-state index < -0.39 is 0 Å². The number of likely N-dealkylation sites (N-methyl/N-ethyl adjacent to an activating group) is 1. The van der Waals surface area contributed by atoms with Crippen LogP contribution in [0.4, 0.5) is 0 Å². The van der Waals surface area contributed by atoms with Gasteiger partial charge in [0.15, 0.2) is 7.85 Å². The van der Waals surface area contributed by atoms with Crippen molar-refractivity contribution < 1.29 is 4.79 Å². The van der Waals surface area contributed by atoms with E-state index >= 15 is 0 Å². The van der Waals surface area contributed by atoms with Crippen molar-refractivity contribution in [3.05, 3.63) is 11.6 Å². The SMILES string of the molecule is [B]C(=O)/C(C)=C/CN(C)C. The predicted octanol–water partition coefficient (Wildman–Crippen LogP) is 0.189. The summed E-state index contributed by atoms with van der Waals surface area (Å²) in [5, 5.41) is 0. The molecule has 54 valence electrons. The van der Waals surface area contributed by atoms with E-state index in [0.717, 1.165) is 6.54 Å². The van der Waals surface area contributed by atoms with Gasteiger partial charge in [-0.3, -0.25) is 0 Å². The molecule has 0 aliphatic heterocycles. The molecule has 0 bridgehead atoms. The Hall–Kier alpha value is -0.565. The molecule has 2 nitrogen and oxygen atoms in total. The second-order valence-electron chi connectivity index (χ2n) is 2.51. The Morgan fingerprint density at radius 3 is 2.40 bits per heavy atom. The van der Waals surface area contributed by atoms with Crippen LogP contribution in [0.3, 0.4) is 0 Å². The average Bonchev–Trinajstić information content (AvgIpc) is 1.82. The van der Waals surface area contributed by atoms with Gasteiger partial charge in [0.1, 0.15) is 0 Å². The molecule has 0 aromatic rings. The van der Waals surface area contributed by atoms with Crippen LogP contribution in [0, 0.1) is 0 Å². The van der Waals surface area contributed by atoms with Gasteiger partial charge in [0.2, 0.25) is 0 Å². The van der Waals surface area contributed by atoms with Gasteiger partial charge in [-0.1, -0.05) is 6.08 Å². The van der Waals surface area contributed by atoms with Crippen LogP contribution >= 0.6 is 0 Å². The molecule has 0 unspecified atom stereocenters. The third-order valence-electron chi connectivity index (χ3n) is 1.15. The molecule has 0 rings (SSSR count). The fraction of sp³-hybridized carbons (Fsp3) is 0.571. The van der Waals surface area contributed by atoms with E-state index in [1.807, 2.05) is 25.1 Å². The third-order valence-corrected chi connectivity index (χ3v) is 1.15. The highest BCUT2D eigenvalue weighted by molar-refractivity contribution is 6.62. The molecule has 0 amide bonds. The van der Waals surface area contributed by atoms with Crippen molar-refractivity contribution in [2.75, 3.05) is 20.6 Å². The van der Waals surface area contributed by atoms with Gasteiger partial charge in [0.05, 0.1) is 5.68 Å². The van der Waals surface area contributed by atoms with Gasteiger partial charge in [0, 0.05) is 6.54 Å². The molecule has 0 aromatic heterocycles. The molecule has 0 saturated carbocycles. The van der Waals surface area contributed by atoms with Crippen molar-refractivity contribution in [3.63, 3.8) is 0 Å². The molecule has 0 spiro atoms. The number of carbonyl (C=O) groups is 1. The van der Waals surface area contributed by atoms with E-state index in [2.05, 4.69) is 0 Å². The third kappa shape index (κ3) is 4.33. The van der Waals surface area contributed by atoms with Crippen LogP contribution in [0.15, 0.2) is 11.6 Å². The second-order valence-corrected chi connectivity index (χ2v) is 2.51. The molecule has 0 fully saturated rings. The molecule has 0 atom stereocenters. The lowest BCUT2D eigenvalue weighted by atomic mass is 9.95. The van der Waals surface area contributed by atoms with E-state index in [-0.39, 0.29) is 5.68 Å². The largest absolute Gasteiger partial charge is 0.308 e. The first-order valence-corrected chi connectivity index (χ1v) is 3.15. The quantitative estimate of drug-likeness (QED) is 0.408. The molecule has 0 aliphatic rings. The van der Waals surface area contributed by atoms with Gasteiger partial charge in [-0.15, -0.1) is 0 Å². The van der Waals surface area contributed by atoms with E-state index in [0.29, 0.717) is 5.57 Å². The number of allylic oxidation sites excluding steroid dienone is 1. The Morgan fingerprint density at radius 1 is 1.60 bits per heavy atom. The molecule has 0 aromatic carbocycles. The standard InChI is InChI=1S/C7H12BNO/c1-6(7(8)10)4-5-9(2)3/h4H,5H2,1-3H3/b6-4+. The van der Waals surface area contributed by atoms with Gasteiger partial charge in [-0.25, -0.2) is 0 Å². The minimum Gasteiger partial charge on any atom is -0.308 e. The summed E-state index contributed by atoms with van der Waals surface area (Å²) in [6.45, 7) is 2.47. The average molecular weight is 137 g/mol. The second kappa shape index (κ2) is 4.28. The summed E-state index contributed by atoms with van der Waals surface area (Å²) in [4.78, 5) is 12.4. The molecule has 0 saturated heterocycles. The first-order chi connectivity index (χ1) is 4.54. The Balaban J connectivity index is 3.81. The smallest absolute Gasteiger partial charge is 0.174 e. The lowest BCUT2D eigenvalue weighted by Gasteiger charge is -2.04. The molecule has 10 heavy (non-hydrogen) atoms. The highest BCUT2D eigenvalue weighted by Crippen LogP contribution is 1.91. The van der Waals surface area contributed by atoms with Gasteiger partial charge in [-0.05, 0) is 26.6 Å². The fourth-order valence-electron chi connectivity index (χ4n) is 0.420. The molecule has 2 radical (unpaired) electrons. The molecule has 3 heteroatoms. The first-order valence-electron chi connectivity index (χ1n) is 3.15. The number of carbonyl (C=O) groups excluding carboxylic acids is 1. The maximum Gasteiger partial charge on any atom is 0.174 e. The number of nitrogens with zero attached hydrogens (tertiary/aromatic N) is 1. The van der Waals surface area contributed by atoms with Gasteiger partial charge in [-0.2, -0.15) is 0 Å². The van der Waals surface area contributed by atoms with E-state index in [1.54, 1.807) is 6.92 Å². The Bertz CT molecular complexity index is 152. The minimum absolute atomic E-state index is 0.346. The Labute approximate surface area is 63.3 Å². The topological polar surface area (TPSA) is 20.3 Å². The minimum atomic E-state index is -0.346. The van der Waals surface area contributed by atoms with Crippen LogP contribution in [0.1, 0.15) is 6.92 Å². The monoisotopic (exact) mass is 137 g/mol. The summed E-state index contributed by atoms with van der Waals surface area (Å²) < 4.78 is 0. The maximum atomic E-state index is 10.4. The number of hydrogen-bond acceptors (Lipinski definition) is 2. The predicted molar refractivity (Wildman–Crippen MR) is 43.1 cm³/mol. The molecule has 0 heterocycles. The Kier molecular flexibility index (Phi) is 4.04. The fourth-order valence-corrected chi connectivity index (χ4v) is 0.420. The van der Waals surface area contributed by atoms with Crippen molar-refractivity contribution in [1.82, 2.24) is 4.90 Å². The summed E-state index contributed by atoms with van der Waals surface area (Å²) in [6.07, 6.45) is 1.81. The molecular weight excluding hydrogens is 125 g/mol. The van der Waals surface area contributed by atoms with Crippen LogP contribution < -0.4 is 0 Å². The zero-order valence-electron chi connectivity index (χ0n) is 6.72. The van der Waals surface area contributed by atoms with Crippen LogP contribution in [0.25, 0.3) is 0 Å². The van der Waals surface area contributed by atoms with Gasteiger partial charge >= 0.3 is 0 Å². The summed E-state index contributed by atoms with van der Waals surface area (Å²) in [7, 11) is 8.87. The van der Waals surface area contributed by atoms with E-state index in [4.69, 9.17) is 7.85 Å². The van der Waals surface area contributed by atoms with Crippen LogP contribution in [0.5, 0.6) is 0 Å². The van der Waals surface area contributed by atoms with Gasteiger partial charge in [0.25, 0.3) is 0 Å². The summed E-state index contributed by atoms with van der Waals surface area (Å²) in [5.74, 6) is 0. The normalized spacial score (nSPS) is 12.2. The summed E-state index contributed by atoms with van der Waals surface area (Å²) >= 11 is 0. The van der Waals surface area contributed by atoms with Crippen molar-refractivity contribution >= 4 is 13.5 Å². The van der Waals surface area contributed by atoms with E-state index in [9.17, 15) is 4.79 Å². The zero-order chi connectivity index (χ0) is 8.15. The highest BCUT2D eigenvalue weighted by atomic mass is 16.1. The summed E-state index contributed by atoms with van der Waals surface area (Å²) in [5.41, 5.74) is 0.274. The van der Waals surface area contributed by atoms with Gasteiger partial charge < -0.3 is 9.69 Å². The lowest BCUT2D eigenvalue weighted by Crippen LogP contribution is -2.12. The van der Waals surface area contributed by atoms with Crippen molar-refractivity contribution in [1.29, 1.82) is 0 Å². The summed E-state index contributed by atoms with van der Waals surface area (Å²) in [6, 6.07) is 0. The molecular formula is C7H12BNO. The van der Waals surface area contributed by atoms with Crippen LogP contribution in [-0.2, 0) is 4.79 Å².